The van der Waals surface area contributed by atoms with Crippen LogP contribution < -0.4 is 5.73 Å². The lowest BCUT2D eigenvalue weighted by Crippen LogP contribution is -2.32. The van der Waals surface area contributed by atoms with Crippen LogP contribution in [0.3, 0.4) is 0 Å². The summed E-state index contributed by atoms with van der Waals surface area (Å²) < 4.78 is 4.67. The zero-order valence-electron chi connectivity index (χ0n) is 6.46. The number of terminal acetylenes is 1. The van der Waals surface area contributed by atoms with E-state index in [9.17, 15) is 4.79 Å². The summed E-state index contributed by atoms with van der Waals surface area (Å²) in [5.41, 5.74) is 3.76. The summed E-state index contributed by atoms with van der Waals surface area (Å²) in [6.45, 7) is 5.23. The molecule has 0 spiro atoms. The third-order valence-electron chi connectivity index (χ3n) is 1.38. The molecule has 0 rings (SSSR count). The summed E-state index contributed by atoms with van der Waals surface area (Å²) in [5, 5.41) is 0. The average Bonchev–Trinajstić information content (AvgIpc) is 2.00. The molecule has 0 aromatic heterocycles. The number of hydrogen-bond donors (Lipinski definition) is 1. The smallest absolute Gasteiger partial charge is 0.406 e. The van der Waals surface area contributed by atoms with Gasteiger partial charge in [0.2, 0.25) is 0 Å². The molecule has 1 amide bonds. The van der Waals surface area contributed by atoms with E-state index >= 15 is 0 Å². The van der Waals surface area contributed by atoms with Crippen LogP contribution >= 0.6 is 0 Å². The van der Waals surface area contributed by atoms with Crippen molar-refractivity contribution >= 4 is 6.09 Å². The van der Waals surface area contributed by atoms with Gasteiger partial charge in [-0.2, -0.15) is 0 Å². The van der Waals surface area contributed by atoms with Crippen LogP contribution in [0.15, 0.2) is 12.7 Å². The van der Waals surface area contributed by atoms with Gasteiger partial charge in [-0.1, -0.05) is 19.4 Å². The van der Waals surface area contributed by atoms with Crippen LogP contribution in [0.4, 0.5) is 4.79 Å². The van der Waals surface area contributed by atoms with E-state index in [1.54, 1.807) is 6.92 Å². The second-order valence-corrected chi connectivity index (χ2v) is 2.01. The fourth-order valence-corrected chi connectivity index (χ4v) is 0.628. The van der Waals surface area contributed by atoms with Crippen molar-refractivity contribution in [2.75, 3.05) is 0 Å². The van der Waals surface area contributed by atoms with Crippen molar-refractivity contribution < 1.29 is 9.53 Å². The molecule has 0 aromatic carbocycles. The Bertz CT molecular complexity index is 205. The lowest BCUT2D eigenvalue weighted by Gasteiger charge is -2.21. The molecule has 3 heteroatoms. The van der Waals surface area contributed by atoms with E-state index in [2.05, 4.69) is 17.2 Å². The van der Waals surface area contributed by atoms with E-state index in [1.165, 1.54) is 6.08 Å². The highest BCUT2D eigenvalue weighted by Gasteiger charge is 2.24. The van der Waals surface area contributed by atoms with Crippen molar-refractivity contribution in [3.63, 3.8) is 0 Å². The van der Waals surface area contributed by atoms with Gasteiger partial charge in [0.15, 0.2) is 5.60 Å². The highest BCUT2D eigenvalue weighted by molar-refractivity contribution is 5.66. The molecule has 0 aliphatic heterocycles. The fraction of sp³-hybridized carbons (Fsp3) is 0.375. The molecule has 3 nitrogen and oxygen atoms in total. The maximum absolute atomic E-state index is 10.3. The van der Waals surface area contributed by atoms with Crippen LogP contribution in [0, 0.1) is 12.3 Å². The number of nitrogens with two attached hydrogens (primary N) is 1. The van der Waals surface area contributed by atoms with E-state index in [0.29, 0.717) is 6.42 Å². The standard InChI is InChI=1S/C8H11NO2/c1-4-8(5-2,6-3)11-7(9)10/h1,5H,2,6H2,3H3,(H2,9,10). The second-order valence-electron chi connectivity index (χ2n) is 2.01. The molecule has 0 aliphatic rings. The predicted molar refractivity (Wildman–Crippen MR) is 42.7 cm³/mol. The van der Waals surface area contributed by atoms with Crippen LogP contribution in [0.1, 0.15) is 13.3 Å². The van der Waals surface area contributed by atoms with Gasteiger partial charge >= 0.3 is 6.09 Å². The molecule has 60 valence electrons. The van der Waals surface area contributed by atoms with E-state index in [4.69, 9.17) is 12.2 Å². The second kappa shape index (κ2) is 3.67. The number of ether oxygens (including phenoxy) is 1. The molecule has 0 heterocycles. The van der Waals surface area contributed by atoms with Gasteiger partial charge in [-0.15, -0.1) is 6.42 Å². The molecule has 11 heavy (non-hydrogen) atoms. The zero-order valence-corrected chi connectivity index (χ0v) is 6.46. The summed E-state index contributed by atoms with van der Waals surface area (Å²) in [6.07, 6.45) is 6.09. The molecule has 0 aromatic rings. The zero-order chi connectivity index (χ0) is 8.91. The van der Waals surface area contributed by atoms with Crippen molar-refractivity contribution in [3.05, 3.63) is 12.7 Å². The Morgan fingerprint density at radius 2 is 2.55 bits per heavy atom. The quantitative estimate of drug-likeness (QED) is 0.486. The molecule has 0 saturated heterocycles. The van der Waals surface area contributed by atoms with Gasteiger partial charge in [-0.05, 0) is 12.5 Å². The number of carbonyl (C=O) groups is 1. The van der Waals surface area contributed by atoms with Crippen molar-refractivity contribution in [1.29, 1.82) is 0 Å². The van der Waals surface area contributed by atoms with Gasteiger partial charge < -0.3 is 10.5 Å². The number of hydrogen-bond acceptors (Lipinski definition) is 2. The van der Waals surface area contributed by atoms with Crippen molar-refractivity contribution in [3.8, 4) is 12.3 Å². The Balaban J connectivity index is 4.45. The van der Waals surface area contributed by atoms with E-state index in [-0.39, 0.29) is 0 Å². The summed E-state index contributed by atoms with van der Waals surface area (Å²) >= 11 is 0. The lowest BCUT2D eigenvalue weighted by atomic mass is 10.0. The minimum Gasteiger partial charge on any atom is -0.426 e. The molecule has 0 aliphatic carbocycles. The minimum absolute atomic E-state index is 0.468. The first-order valence-electron chi connectivity index (χ1n) is 3.20. The van der Waals surface area contributed by atoms with Gasteiger partial charge in [0.05, 0.1) is 0 Å². The Kier molecular flexibility index (Phi) is 3.19. The summed E-state index contributed by atoms with van der Waals surface area (Å²) in [6, 6.07) is 0. The van der Waals surface area contributed by atoms with E-state index in [1.807, 2.05) is 0 Å². The monoisotopic (exact) mass is 153 g/mol. The Labute approximate surface area is 66.2 Å². The molecule has 1 unspecified atom stereocenters. The Hall–Kier alpha value is -1.43. The molecular weight excluding hydrogens is 142 g/mol. The average molecular weight is 153 g/mol. The molecule has 0 radical (unpaired) electrons. The van der Waals surface area contributed by atoms with Crippen LogP contribution in [-0.4, -0.2) is 11.7 Å². The normalized spacial score (nSPS) is 14.2. The van der Waals surface area contributed by atoms with Gasteiger partial charge in [0, 0.05) is 0 Å². The summed E-state index contributed by atoms with van der Waals surface area (Å²) in [4.78, 5) is 10.3. The van der Waals surface area contributed by atoms with Crippen LogP contribution in [0.5, 0.6) is 0 Å². The van der Waals surface area contributed by atoms with Gasteiger partial charge in [0.1, 0.15) is 0 Å². The Morgan fingerprint density at radius 3 is 2.64 bits per heavy atom. The minimum atomic E-state index is -1.04. The maximum Gasteiger partial charge on any atom is 0.406 e. The van der Waals surface area contributed by atoms with Gasteiger partial charge in [-0.3, -0.25) is 0 Å². The summed E-state index contributed by atoms with van der Waals surface area (Å²) in [5.74, 6) is 2.31. The molecular formula is C8H11NO2. The van der Waals surface area contributed by atoms with Crippen LogP contribution in [0.2, 0.25) is 0 Å². The largest absolute Gasteiger partial charge is 0.426 e. The molecule has 0 bridgehead atoms. The number of rotatable bonds is 3. The number of primary amides is 1. The third-order valence-corrected chi connectivity index (χ3v) is 1.38. The summed E-state index contributed by atoms with van der Waals surface area (Å²) in [7, 11) is 0. The van der Waals surface area contributed by atoms with Crippen molar-refractivity contribution in [2.24, 2.45) is 5.73 Å². The van der Waals surface area contributed by atoms with Crippen molar-refractivity contribution in [2.45, 2.75) is 18.9 Å². The fourth-order valence-electron chi connectivity index (χ4n) is 0.628. The Morgan fingerprint density at radius 1 is 2.00 bits per heavy atom. The van der Waals surface area contributed by atoms with E-state index in [0.717, 1.165) is 0 Å². The SMILES string of the molecule is C#CC(C=C)(CC)OC(N)=O. The highest BCUT2D eigenvalue weighted by Crippen LogP contribution is 2.15. The topological polar surface area (TPSA) is 52.3 Å². The molecule has 2 N–H and O–H groups in total. The first-order valence-corrected chi connectivity index (χ1v) is 3.20. The predicted octanol–water partition coefficient (Wildman–Crippen LogP) is 1.05. The maximum atomic E-state index is 10.3. The first kappa shape index (κ1) is 9.57. The number of carbonyl (C=O) groups excluding carboxylic acids is 1. The molecule has 0 fully saturated rings. The van der Waals surface area contributed by atoms with Gasteiger partial charge in [0.25, 0.3) is 0 Å². The van der Waals surface area contributed by atoms with Gasteiger partial charge in [-0.25, -0.2) is 4.79 Å². The molecule has 1 atom stereocenters. The van der Waals surface area contributed by atoms with Crippen LogP contribution in [-0.2, 0) is 4.74 Å². The van der Waals surface area contributed by atoms with Crippen LogP contribution in [0.25, 0.3) is 0 Å². The van der Waals surface area contributed by atoms with Crippen molar-refractivity contribution in [1.82, 2.24) is 0 Å². The first-order chi connectivity index (χ1) is 5.10. The van der Waals surface area contributed by atoms with E-state index < -0.39 is 11.7 Å². The highest BCUT2D eigenvalue weighted by atomic mass is 16.6. The number of amides is 1. The molecule has 0 saturated carbocycles. The lowest BCUT2D eigenvalue weighted by molar-refractivity contribution is 0.0903. The third kappa shape index (κ3) is 2.34.